The highest BCUT2D eigenvalue weighted by atomic mass is 16.5. The molecule has 58 heavy (non-hydrogen) atoms. The summed E-state index contributed by atoms with van der Waals surface area (Å²) in [5.74, 6) is -0.489. The summed E-state index contributed by atoms with van der Waals surface area (Å²) in [5.41, 5.74) is 0. The van der Waals surface area contributed by atoms with Crippen molar-refractivity contribution in [3.05, 3.63) is 36.5 Å². The van der Waals surface area contributed by atoms with Gasteiger partial charge < -0.3 is 20.3 Å². The van der Waals surface area contributed by atoms with E-state index in [1.165, 1.54) is 141 Å². The van der Waals surface area contributed by atoms with Crippen molar-refractivity contribution in [1.29, 1.82) is 0 Å². The first-order valence-electron chi connectivity index (χ1n) is 25.2. The second-order valence-electron chi connectivity index (χ2n) is 17.3. The van der Waals surface area contributed by atoms with Crippen molar-refractivity contribution in [2.45, 2.75) is 277 Å². The minimum Gasteiger partial charge on any atom is -0.462 e. The Morgan fingerprint density at radius 2 is 0.879 bits per heavy atom. The molecule has 3 unspecified atom stereocenters. The number of aliphatic hydroxyl groups excluding tert-OH is 2. The smallest absolute Gasteiger partial charge is 0.306 e. The molecule has 0 heterocycles. The normalized spacial score (nSPS) is 13.5. The predicted octanol–water partition coefficient (Wildman–Crippen LogP) is 14.9. The maximum atomic E-state index is 13.1. The molecule has 0 fully saturated rings. The lowest BCUT2D eigenvalue weighted by atomic mass is 10.0. The molecule has 0 aliphatic heterocycles. The van der Waals surface area contributed by atoms with Crippen LogP contribution in [0.3, 0.4) is 0 Å². The zero-order valence-corrected chi connectivity index (χ0v) is 38.7. The Hall–Kier alpha value is -1.92. The summed E-state index contributed by atoms with van der Waals surface area (Å²) in [6.45, 7) is 6.45. The van der Waals surface area contributed by atoms with Crippen molar-refractivity contribution in [2.24, 2.45) is 0 Å². The molecule has 3 atom stereocenters. The molecule has 0 aliphatic carbocycles. The number of hydrogen-bond acceptors (Lipinski definition) is 5. The first-order valence-corrected chi connectivity index (χ1v) is 25.2. The highest BCUT2D eigenvalue weighted by Crippen LogP contribution is 2.18. The van der Waals surface area contributed by atoms with E-state index in [4.69, 9.17) is 4.74 Å². The fourth-order valence-corrected chi connectivity index (χ4v) is 7.67. The van der Waals surface area contributed by atoms with Gasteiger partial charge in [-0.05, 0) is 51.4 Å². The number of esters is 1. The summed E-state index contributed by atoms with van der Waals surface area (Å²) in [6, 6.07) is -0.701. The van der Waals surface area contributed by atoms with E-state index in [2.05, 4.69) is 62.5 Å². The van der Waals surface area contributed by atoms with Crippen LogP contribution in [0.5, 0.6) is 0 Å². The quantitative estimate of drug-likeness (QED) is 0.0323. The van der Waals surface area contributed by atoms with Gasteiger partial charge in [-0.1, -0.05) is 231 Å². The number of amides is 1. The average molecular weight is 816 g/mol. The first-order chi connectivity index (χ1) is 28.5. The largest absolute Gasteiger partial charge is 0.462 e. The van der Waals surface area contributed by atoms with Gasteiger partial charge in [-0.2, -0.15) is 0 Å². The van der Waals surface area contributed by atoms with Crippen LogP contribution < -0.4 is 5.32 Å². The van der Waals surface area contributed by atoms with Gasteiger partial charge in [0.25, 0.3) is 0 Å². The van der Waals surface area contributed by atoms with E-state index in [1.54, 1.807) is 0 Å². The minimum atomic E-state index is -0.786. The average Bonchev–Trinajstić information content (AvgIpc) is 3.22. The zero-order chi connectivity index (χ0) is 42.4. The Bertz CT molecular complexity index is 961. The minimum absolute atomic E-state index is 0.0726. The first kappa shape index (κ1) is 56.1. The van der Waals surface area contributed by atoms with E-state index in [0.29, 0.717) is 19.3 Å². The van der Waals surface area contributed by atoms with Crippen LogP contribution in [0.1, 0.15) is 258 Å². The molecule has 0 saturated carbocycles. The van der Waals surface area contributed by atoms with E-state index in [0.717, 1.165) is 70.6 Å². The number of allylic oxidation sites excluding steroid dienone is 6. The van der Waals surface area contributed by atoms with Crippen LogP contribution in [0.15, 0.2) is 36.5 Å². The van der Waals surface area contributed by atoms with Crippen LogP contribution in [-0.2, 0) is 14.3 Å². The third-order valence-electron chi connectivity index (χ3n) is 11.5. The lowest BCUT2D eigenvalue weighted by Gasteiger charge is -2.24. The van der Waals surface area contributed by atoms with E-state index in [1.807, 2.05) is 0 Å². The fourth-order valence-electron chi connectivity index (χ4n) is 7.67. The standard InChI is InChI=1S/C52H97NO5/c1-4-7-10-13-16-19-21-23-24-25-26-27-28-30-33-36-39-42-45-52(57)58-48(43-40-37-34-32-29-22-20-17-14-11-8-5-2)46-51(56)53-49(47-54)50(55)44-41-38-35-31-18-15-12-9-6-3/h21,23-27,48-50,54-55H,4-20,22,28-47H2,1-3H3,(H,53,56)/b23-21+,25-24+,27-26+. The van der Waals surface area contributed by atoms with Crippen LogP contribution in [0, 0.1) is 0 Å². The van der Waals surface area contributed by atoms with Crippen LogP contribution in [0.4, 0.5) is 0 Å². The molecule has 0 aromatic rings. The zero-order valence-electron chi connectivity index (χ0n) is 38.7. The van der Waals surface area contributed by atoms with Gasteiger partial charge in [-0.3, -0.25) is 9.59 Å². The van der Waals surface area contributed by atoms with Gasteiger partial charge in [-0.25, -0.2) is 0 Å². The molecular formula is C52H97NO5. The molecule has 340 valence electrons. The molecule has 0 bridgehead atoms. The Balaban J connectivity index is 4.56. The maximum absolute atomic E-state index is 13.1. The van der Waals surface area contributed by atoms with E-state index >= 15 is 0 Å². The second kappa shape index (κ2) is 46.2. The van der Waals surface area contributed by atoms with Crippen molar-refractivity contribution in [1.82, 2.24) is 5.32 Å². The Labute approximate surface area is 360 Å². The number of carbonyl (C=O) groups excluding carboxylic acids is 2. The van der Waals surface area contributed by atoms with Crippen molar-refractivity contribution in [3.63, 3.8) is 0 Å². The van der Waals surface area contributed by atoms with Crippen LogP contribution in [-0.4, -0.2) is 46.9 Å². The van der Waals surface area contributed by atoms with E-state index in [9.17, 15) is 19.8 Å². The van der Waals surface area contributed by atoms with Crippen molar-refractivity contribution in [2.75, 3.05) is 6.61 Å². The van der Waals surface area contributed by atoms with Crippen molar-refractivity contribution in [3.8, 4) is 0 Å². The molecule has 6 heteroatoms. The van der Waals surface area contributed by atoms with Gasteiger partial charge in [-0.15, -0.1) is 0 Å². The summed E-state index contributed by atoms with van der Waals surface area (Å²) in [7, 11) is 0. The summed E-state index contributed by atoms with van der Waals surface area (Å²) >= 11 is 0. The predicted molar refractivity (Wildman–Crippen MR) is 250 cm³/mol. The Morgan fingerprint density at radius 3 is 1.31 bits per heavy atom. The summed E-state index contributed by atoms with van der Waals surface area (Å²) in [4.78, 5) is 26.1. The molecule has 0 rings (SSSR count). The Kier molecular flexibility index (Phi) is 44.6. The van der Waals surface area contributed by atoms with E-state index < -0.39 is 18.2 Å². The van der Waals surface area contributed by atoms with Gasteiger partial charge in [0.1, 0.15) is 6.10 Å². The number of carbonyl (C=O) groups is 2. The van der Waals surface area contributed by atoms with E-state index in [-0.39, 0.29) is 24.9 Å². The van der Waals surface area contributed by atoms with Gasteiger partial charge in [0.15, 0.2) is 0 Å². The lowest BCUT2D eigenvalue weighted by Crippen LogP contribution is -2.46. The molecule has 1 amide bonds. The molecule has 0 saturated heterocycles. The van der Waals surface area contributed by atoms with Crippen LogP contribution in [0.2, 0.25) is 0 Å². The second-order valence-corrected chi connectivity index (χ2v) is 17.3. The van der Waals surface area contributed by atoms with Gasteiger partial charge in [0, 0.05) is 6.42 Å². The summed E-state index contributed by atoms with van der Waals surface area (Å²) in [5, 5.41) is 23.6. The Morgan fingerprint density at radius 1 is 0.500 bits per heavy atom. The van der Waals surface area contributed by atoms with Gasteiger partial charge in [0.05, 0.1) is 25.2 Å². The molecule has 3 N–H and O–H groups in total. The third kappa shape index (κ3) is 40.8. The molecule has 6 nitrogen and oxygen atoms in total. The molecular weight excluding hydrogens is 719 g/mol. The summed E-state index contributed by atoms with van der Waals surface area (Å²) in [6.07, 6.45) is 53.4. The topological polar surface area (TPSA) is 95.9 Å². The van der Waals surface area contributed by atoms with Gasteiger partial charge >= 0.3 is 5.97 Å². The summed E-state index contributed by atoms with van der Waals surface area (Å²) < 4.78 is 5.92. The molecule has 0 radical (unpaired) electrons. The van der Waals surface area contributed by atoms with Gasteiger partial charge in [0.2, 0.25) is 5.91 Å². The monoisotopic (exact) mass is 816 g/mol. The molecule has 0 aliphatic rings. The number of nitrogens with one attached hydrogen (secondary N) is 1. The number of aliphatic hydroxyl groups is 2. The highest BCUT2D eigenvalue weighted by molar-refractivity contribution is 5.77. The number of rotatable bonds is 45. The molecule has 0 aromatic carbocycles. The third-order valence-corrected chi connectivity index (χ3v) is 11.5. The highest BCUT2D eigenvalue weighted by Gasteiger charge is 2.24. The number of hydrogen-bond donors (Lipinski definition) is 3. The van der Waals surface area contributed by atoms with Crippen molar-refractivity contribution < 1.29 is 24.5 Å². The maximum Gasteiger partial charge on any atom is 0.306 e. The SMILES string of the molecule is CCCCCCC/C=C/C=C/C=C/CCCCCCCC(=O)OC(CCCCCCCCCCCCCC)CC(=O)NC(CO)C(O)CCCCCCCCCCC. The molecule has 0 aromatic heterocycles. The number of ether oxygens (including phenoxy) is 1. The number of unbranched alkanes of at least 4 members (excludes halogenated alkanes) is 29. The fraction of sp³-hybridized carbons (Fsp3) is 0.846. The van der Waals surface area contributed by atoms with Crippen molar-refractivity contribution >= 4 is 11.9 Å². The molecule has 0 spiro atoms. The lowest BCUT2D eigenvalue weighted by molar-refractivity contribution is -0.151. The van der Waals surface area contributed by atoms with Crippen LogP contribution >= 0.6 is 0 Å². The van der Waals surface area contributed by atoms with Crippen LogP contribution in [0.25, 0.3) is 0 Å².